The lowest BCUT2D eigenvalue weighted by Crippen LogP contribution is -2.51. The Kier molecular flexibility index (Phi) is 8.67. The van der Waals surface area contributed by atoms with Gasteiger partial charge < -0.3 is 25.7 Å². The molecule has 1 saturated heterocycles. The van der Waals surface area contributed by atoms with Gasteiger partial charge in [-0.15, -0.1) is 0 Å². The molecule has 1 aromatic heterocycles. The van der Waals surface area contributed by atoms with E-state index in [1.54, 1.807) is 17.0 Å². The Morgan fingerprint density at radius 2 is 1.79 bits per heavy atom. The number of nitrogens with one attached hydrogen (secondary N) is 2. The standard InChI is InChI=1S/C19H28N4O5/c24-15(6-2-1-3-9-21-19(27)28)22-16(18(26)23-12-4-5-13-23)17(25)14-7-10-20-11-8-14/h7-8,10-11,16-17,21,25H,1-6,9,12-13H2,(H,22,24)(H,27,28). The van der Waals surface area contributed by atoms with E-state index < -0.39 is 18.2 Å². The summed E-state index contributed by atoms with van der Waals surface area (Å²) in [5.41, 5.74) is 0.521. The van der Waals surface area contributed by atoms with Gasteiger partial charge in [0.05, 0.1) is 0 Å². The van der Waals surface area contributed by atoms with Gasteiger partial charge in [0.15, 0.2) is 0 Å². The molecule has 2 rings (SSSR count). The molecule has 0 aromatic carbocycles. The van der Waals surface area contributed by atoms with Crippen molar-refractivity contribution in [3.8, 4) is 0 Å². The minimum atomic E-state index is -1.15. The molecule has 2 unspecified atom stereocenters. The van der Waals surface area contributed by atoms with Gasteiger partial charge in [-0.05, 0) is 43.4 Å². The SMILES string of the molecule is O=C(O)NCCCCCC(=O)NC(C(=O)N1CCCC1)C(O)c1ccncc1. The van der Waals surface area contributed by atoms with E-state index in [2.05, 4.69) is 15.6 Å². The predicted molar refractivity (Wildman–Crippen MR) is 101 cm³/mol. The number of aliphatic hydroxyl groups excluding tert-OH is 1. The lowest BCUT2D eigenvalue weighted by atomic mass is 10.0. The number of rotatable bonds is 10. The van der Waals surface area contributed by atoms with Gasteiger partial charge in [-0.2, -0.15) is 0 Å². The van der Waals surface area contributed by atoms with Crippen LogP contribution in [0.1, 0.15) is 50.2 Å². The number of hydrogen-bond donors (Lipinski definition) is 4. The Labute approximate surface area is 164 Å². The number of aliphatic hydroxyl groups is 1. The minimum absolute atomic E-state index is 0.208. The normalized spacial score (nSPS) is 15.7. The molecular weight excluding hydrogens is 364 g/mol. The molecule has 4 N–H and O–H groups in total. The second-order valence-corrected chi connectivity index (χ2v) is 6.85. The first-order valence-corrected chi connectivity index (χ1v) is 9.62. The van der Waals surface area contributed by atoms with E-state index in [1.165, 1.54) is 12.4 Å². The minimum Gasteiger partial charge on any atom is -0.465 e. The number of nitrogens with zero attached hydrogens (tertiary/aromatic N) is 2. The monoisotopic (exact) mass is 392 g/mol. The Hall–Kier alpha value is -2.68. The van der Waals surface area contributed by atoms with E-state index in [4.69, 9.17) is 5.11 Å². The highest BCUT2D eigenvalue weighted by Crippen LogP contribution is 2.20. The third-order valence-corrected chi connectivity index (χ3v) is 4.72. The Morgan fingerprint density at radius 3 is 2.43 bits per heavy atom. The summed E-state index contributed by atoms with van der Waals surface area (Å²) in [6, 6.07) is 2.20. The van der Waals surface area contributed by atoms with Crippen molar-refractivity contribution < 1.29 is 24.6 Å². The van der Waals surface area contributed by atoms with Gasteiger partial charge in [0.2, 0.25) is 11.8 Å². The molecule has 1 aliphatic rings. The third-order valence-electron chi connectivity index (χ3n) is 4.72. The molecule has 9 nitrogen and oxygen atoms in total. The van der Waals surface area contributed by atoms with Crippen LogP contribution in [0.5, 0.6) is 0 Å². The Bertz CT molecular complexity index is 649. The molecule has 2 heterocycles. The summed E-state index contributed by atoms with van der Waals surface area (Å²) >= 11 is 0. The summed E-state index contributed by atoms with van der Waals surface area (Å²) in [6.07, 6.45) is 4.78. The van der Waals surface area contributed by atoms with Gasteiger partial charge in [-0.1, -0.05) is 6.42 Å². The number of carboxylic acid groups (broad SMARTS) is 1. The molecule has 0 aliphatic carbocycles. The predicted octanol–water partition coefficient (Wildman–Crippen LogP) is 1.05. The van der Waals surface area contributed by atoms with Crippen LogP contribution in [0, 0.1) is 0 Å². The van der Waals surface area contributed by atoms with Crippen molar-refractivity contribution in [1.82, 2.24) is 20.5 Å². The first-order chi connectivity index (χ1) is 13.5. The Morgan fingerprint density at radius 1 is 1.11 bits per heavy atom. The molecular formula is C19H28N4O5. The summed E-state index contributed by atoms with van der Waals surface area (Å²) in [4.78, 5) is 41.1. The van der Waals surface area contributed by atoms with Crippen molar-refractivity contribution >= 4 is 17.9 Å². The van der Waals surface area contributed by atoms with Crippen molar-refractivity contribution in [2.75, 3.05) is 19.6 Å². The number of likely N-dealkylation sites (tertiary alicyclic amines) is 1. The molecule has 0 radical (unpaired) electrons. The average molecular weight is 392 g/mol. The van der Waals surface area contributed by atoms with Crippen LogP contribution < -0.4 is 10.6 Å². The zero-order chi connectivity index (χ0) is 20.4. The van der Waals surface area contributed by atoms with Gasteiger partial charge >= 0.3 is 6.09 Å². The smallest absolute Gasteiger partial charge is 0.404 e. The quantitative estimate of drug-likeness (QED) is 0.440. The molecule has 1 aromatic rings. The number of amides is 3. The first-order valence-electron chi connectivity index (χ1n) is 9.62. The van der Waals surface area contributed by atoms with Crippen molar-refractivity contribution in [1.29, 1.82) is 0 Å². The molecule has 1 fully saturated rings. The lowest BCUT2D eigenvalue weighted by molar-refractivity contribution is -0.139. The third kappa shape index (κ3) is 6.80. The molecule has 0 saturated carbocycles. The van der Waals surface area contributed by atoms with Crippen LogP contribution in [-0.2, 0) is 9.59 Å². The summed E-state index contributed by atoms with van der Waals surface area (Å²) in [5.74, 6) is -0.585. The second-order valence-electron chi connectivity index (χ2n) is 6.85. The van der Waals surface area contributed by atoms with E-state index in [9.17, 15) is 19.5 Å². The second kappa shape index (κ2) is 11.2. The van der Waals surface area contributed by atoms with Gasteiger partial charge in [0.1, 0.15) is 12.1 Å². The number of hydrogen-bond acceptors (Lipinski definition) is 5. The number of carbonyl (C=O) groups excluding carboxylic acids is 2. The highest BCUT2D eigenvalue weighted by atomic mass is 16.4. The number of pyridine rings is 1. The summed E-state index contributed by atoms with van der Waals surface area (Å²) in [5, 5.41) is 24.2. The zero-order valence-electron chi connectivity index (χ0n) is 15.8. The largest absolute Gasteiger partial charge is 0.465 e. The highest BCUT2D eigenvalue weighted by Gasteiger charge is 2.33. The van der Waals surface area contributed by atoms with Crippen LogP contribution in [0.3, 0.4) is 0 Å². The van der Waals surface area contributed by atoms with Crippen LogP contribution >= 0.6 is 0 Å². The lowest BCUT2D eigenvalue weighted by Gasteiger charge is -2.28. The van der Waals surface area contributed by atoms with Gasteiger partial charge in [0, 0.05) is 38.4 Å². The maximum atomic E-state index is 12.8. The molecule has 2 atom stereocenters. The first kappa shape index (κ1) is 21.6. The molecule has 28 heavy (non-hydrogen) atoms. The van der Waals surface area contributed by atoms with E-state index in [1.807, 2.05) is 0 Å². The van der Waals surface area contributed by atoms with Crippen molar-refractivity contribution in [2.45, 2.75) is 50.7 Å². The number of carbonyl (C=O) groups is 3. The van der Waals surface area contributed by atoms with Crippen molar-refractivity contribution in [2.24, 2.45) is 0 Å². The fourth-order valence-corrected chi connectivity index (χ4v) is 3.19. The maximum Gasteiger partial charge on any atom is 0.404 e. The van der Waals surface area contributed by atoms with Crippen LogP contribution in [0.4, 0.5) is 4.79 Å². The topological polar surface area (TPSA) is 132 Å². The van der Waals surface area contributed by atoms with E-state index in [0.717, 1.165) is 12.8 Å². The van der Waals surface area contributed by atoms with Crippen molar-refractivity contribution in [3.63, 3.8) is 0 Å². The molecule has 0 bridgehead atoms. The van der Waals surface area contributed by atoms with E-state index >= 15 is 0 Å². The van der Waals surface area contributed by atoms with Crippen LogP contribution in [0.15, 0.2) is 24.5 Å². The van der Waals surface area contributed by atoms with Crippen LogP contribution in [-0.4, -0.2) is 63.7 Å². The number of aromatic nitrogens is 1. The van der Waals surface area contributed by atoms with Gasteiger partial charge in [0.25, 0.3) is 0 Å². The van der Waals surface area contributed by atoms with Gasteiger partial charge in [-0.3, -0.25) is 14.6 Å². The molecule has 1 aliphatic heterocycles. The summed E-state index contributed by atoms with van der Waals surface area (Å²) in [7, 11) is 0. The molecule has 154 valence electrons. The van der Waals surface area contributed by atoms with Crippen molar-refractivity contribution in [3.05, 3.63) is 30.1 Å². The number of unbranched alkanes of at least 4 members (excludes halogenated alkanes) is 2. The van der Waals surface area contributed by atoms with Crippen LogP contribution in [0.25, 0.3) is 0 Å². The summed E-state index contributed by atoms with van der Waals surface area (Å²) in [6.45, 7) is 1.60. The van der Waals surface area contributed by atoms with Crippen LogP contribution in [0.2, 0.25) is 0 Å². The highest BCUT2D eigenvalue weighted by molar-refractivity contribution is 5.88. The molecule has 0 spiro atoms. The molecule has 9 heteroatoms. The zero-order valence-corrected chi connectivity index (χ0v) is 15.8. The molecule has 3 amide bonds. The van der Waals surface area contributed by atoms with E-state index in [0.29, 0.717) is 44.5 Å². The maximum absolute atomic E-state index is 12.8. The fourth-order valence-electron chi connectivity index (χ4n) is 3.19. The van der Waals surface area contributed by atoms with E-state index in [-0.39, 0.29) is 18.2 Å². The Balaban J connectivity index is 1.90. The summed E-state index contributed by atoms with van der Waals surface area (Å²) < 4.78 is 0. The fraction of sp³-hybridized carbons (Fsp3) is 0.579. The van der Waals surface area contributed by atoms with Gasteiger partial charge in [-0.25, -0.2) is 4.79 Å². The average Bonchev–Trinajstić information content (AvgIpc) is 3.23.